The molecule has 0 fully saturated rings. The van der Waals surface area contributed by atoms with E-state index in [1.54, 1.807) is 7.11 Å². The van der Waals surface area contributed by atoms with Crippen LogP contribution in [0.1, 0.15) is 24.1 Å². The van der Waals surface area contributed by atoms with Gasteiger partial charge in [-0.3, -0.25) is 0 Å². The number of hydrogen-bond donors (Lipinski definition) is 1. The molecule has 0 radical (unpaired) electrons. The van der Waals surface area contributed by atoms with Crippen LogP contribution in [-0.4, -0.2) is 13.7 Å². The molecule has 1 aliphatic heterocycles. The van der Waals surface area contributed by atoms with Gasteiger partial charge in [0.05, 0.1) is 12.1 Å². The van der Waals surface area contributed by atoms with Crippen molar-refractivity contribution >= 4 is 11.6 Å². The highest BCUT2D eigenvalue weighted by Crippen LogP contribution is 2.32. The van der Waals surface area contributed by atoms with Crippen LogP contribution in [0.4, 0.5) is 0 Å². The summed E-state index contributed by atoms with van der Waals surface area (Å²) in [6, 6.07) is 4.45. The summed E-state index contributed by atoms with van der Waals surface area (Å²) in [6.07, 6.45) is 1.05. The maximum atomic E-state index is 6.07. The molecule has 1 atom stereocenters. The number of hydrogen-bond acceptors (Lipinski definition) is 2. The van der Waals surface area contributed by atoms with Crippen LogP contribution in [0, 0.1) is 0 Å². The topological polar surface area (TPSA) is 21.3 Å². The van der Waals surface area contributed by atoms with E-state index < -0.39 is 0 Å². The fourth-order valence-electron chi connectivity index (χ4n) is 1.92. The second kappa shape index (κ2) is 3.79. The van der Waals surface area contributed by atoms with Crippen LogP contribution in [0.25, 0.3) is 0 Å². The SMILES string of the molecule is COc1cc2c(cc1Cl)C(C)NCC2. The molecule has 0 saturated heterocycles. The maximum Gasteiger partial charge on any atom is 0.137 e. The Labute approximate surface area is 89.2 Å². The standard InChI is InChI=1S/C11H14ClNO/c1-7-9-6-10(12)11(14-2)5-8(9)3-4-13-7/h5-7,13H,3-4H2,1-2H3. The van der Waals surface area contributed by atoms with Crippen molar-refractivity contribution in [2.75, 3.05) is 13.7 Å². The fourth-order valence-corrected chi connectivity index (χ4v) is 2.17. The Morgan fingerprint density at radius 2 is 2.29 bits per heavy atom. The predicted octanol–water partition coefficient (Wildman–Crippen LogP) is 2.56. The summed E-state index contributed by atoms with van der Waals surface area (Å²) in [4.78, 5) is 0. The van der Waals surface area contributed by atoms with Crippen LogP contribution in [0.2, 0.25) is 5.02 Å². The molecule has 0 aliphatic carbocycles. The molecule has 0 spiro atoms. The van der Waals surface area contributed by atoms with Gasteiger partial charge in [-0.05, 0) is 43.1 Å². The molecule has 0 aromatic heterocycles. The zero-order valence-corrected chi connectivity index (χ0v) is 9.19. The molecule has 76 valence electrons. The Morgan fingerprint density at radius 3 is 3.00 bits per heavy atom. The van der Waals surface area contributed by atoms with Gasteiger partial charge in [0.1, 0.15) is 5.75 Å². The molecule has 0 saturated carbocycles. The Morgan fingerprint density at radius 1 is 1.50 bits per heavy atom. The molecule has 2 nitrogen and oxygen atoms in total. The number of nitrogens with one attached hydrogen (secondary N) is 1. The molecule has 1 N–H and O–H groups in total. The van der Waals surface area contributed by atoms with Gasteiger partial charge in [-0.25, -0.2) is 0 Å². The van der Waals surface area contributed by atoms with Gasteiger partial charge in [0, 0.05) is 6.04 Å². The summed E-state index contributed by atoms with van der Waals surface area (Å²) in [5.41, 5.74) is 2.64. The first-order chi connectivity index (χ1) is 6.72. The van der Waals surface area contributed by atoms with Gasteiger partial charge in [0.25, 0.3) is 0 Å². The summed E-state index contributed by atoms with van der Waals surface area (Å²) >= 11 is 6.07. The highest BCUT2D eigenvalue weighted by atomic mass is 35.5. The van der Waals surface area contributed by atoms with E-state index in [9.17, 15) is 0 Å². The van der Waals surface area contributed by atoms with Crippen LogP contribution in [0.15, 0.2) is 12.1 Å². The number of ether oxygens (including phenoxy) is 1. The van der Waals surface area contributed by atoms with Gasteiger partial charge in [-0.15, -0.1) is 0 Å². The summed E-state index contributed by atoms with van der Waals surface area (Å²) in [6.45, 7) is 3.18. The first-order valence-electron chi connectivity index (χ1n) is 4.82. The minimum atomic E-state index is 0.391. The van der Waals surface area contributed by atoms with Gasteiger partial charge in [0.15, 0.2) is 0 Å². The van der Waals surface area contributed by atoms with E-state index in [-0.39, 0.29) is 0 Å². The minimum Gasteiger partial charge on any atom is -0.495 e. The summed E-state index contributed by atoms with van der Waals surface area (Å²) < 4.78 is 5.19. The summed E-state index contributed by atoms with van der Waals surface area (Å²) in [5.74, 6) is 0.777. The van der Waals surface area contributed by atoms with Crippen molar-refractivity contribution in [3.8, 4) is 5.75 Å². The van der Waals surface area contributed by atoms with E-state index in [0.717, 1.165) is 18.7 Å². The van der Waals surface area contributed by atoms with E-state index in [4.69, 9.17) is 16.3 Å². The van der Waals surface area contributed by atoms with Crippen molar-refractivity contribution in [2.45, 2.75) is 19.4 Å². The highest BCUT2D eigenvalue weighted by molar-refractivity contribution is 6.32. The van der Waals surface area contributed by atoms with Crippen LogP contribution < -0.4 is 10.1 Å². The average Bonchev–Trinajstić information content (AvgIpc) is 2.19. The Kier molecular flexibility index (Phi) is 2.66. The maximum absolute atomic E-state index is 6.07. The van der Waals surface area contributed by atoms with Crippen molar-refractivity contribution in [3.63, 3.8) is 0 Å². The number of halogens is 1. The van der Waals surface area contributed by atoms with Crippen LogP contribution in [-0.2, 0) is 6.42 Å². The zero-order chi connectivity index (χ0) is 10.1. The van der Waals surface area contributed by atoms with Gasteiger partial charge in [-0.2, -0.15) is 0 Å². The van der Waals surface area contributed by atoms with E-state index in [2.05, 4.69) is 18.3 Å². The fraction of sp³-hybridized carbons (Fsp3) is 0.455. The Hall–Kier alpha value is -0.730. The Balaban J connectivity index is 2.48. The minimum absolute atomic E-state index is 0.391. The lowest BCUT2D eigenvalue weighted by Crippen LogP contribution is -2.27. The van der Waals surface area contributed by atoms with E-state index in [1.807, 2.05) is 6.07 Å². The van der Waals surface area contributed by atoms with Crippen LogP contribution in [0.5, 0.6) is 5.75 Å². The van der Waals surface area contributed by atoms with Gasteiger partial charge in [0.2, 0.25) is 0 Å². The largest absolute Gasteiger partial charge is 0.495 e. The van der Waals surface area contributed by atoms with Gasteiger partial charge < -0.3 is 10.1 Å². The van der Waals surface area contributed by atoms with Crippen LogP contribution >= 0.6 is 11.6 Å². The quantitative estimate of drug-likeness (QED) is 0.771. The van der Waals surface area contributed by atoms with E-state index >= 15 is 0 Å². The first-order valence-corrected chi connectivity index (χ1v) is 5.20. The molecule has 3 heteroatoms. The molecule has 1 unspecified atom stereocenters. The number of methoxy groups -OCH3 is 1. The molecular weight excluding hydrogens is 198 g/mol. The molecule has 14 heavy (non-hydrogen) atoms. The van der Waals surface area contributed by atoms with Crippen molar-refractivity contribution in [3.05, 3.63) is 28.3 Å². The molecule has 1 aromatic rings. The molecule has 1 aromatic carbocycles. The van der Waals surface area contributed by atoms with Gasteiger partial charge in [-0.1, -0.05) is 11.6 Å². The number of benzene rings is 1. The molecular formula is C11H14ClNO. The molecule has 2 rings (SSSR count). The molecule has 0 bridgehead atoms. The average molecular weight is 212 g/mol. The van der Waals surface area contributed by atoms with Crippen molar-refractivity contribution in [2.24, 2.45) is 0 Å². The lowest BCUT2D eigenvalue weighted by molar-refractivity contribution is 0.413. The lowest BCUT2D eigenvalue weighted by Gasteiger charge is -2.24. The second-order valence-electron chi connectivity index (χ2n) is 3.61. The molecule has 1 aliphatic rings. The first kappa shape index (κ1) is 9.81. The number of fused-ring (bicyclic) bond motifs is 1. The molecule has 1 heterocycles. The normalized spacial score (nSPS) is 20.4. The third-order valence-corrected chi connectivity index (χ3v) is 3.02. The third kappa shape index (κ3) is 1.60. The zero-order valence-electron chi connectivity index (χ0n) is 8.43. The van der Waals surface area contributed by atoms with Crippen molar-refractivity contribution in [1.29, 1.82) is 0 Å². The molecule has 0 amide bonds. The number of rotatable bonds is 1. The summed E-state index contributed by atoms with van der Waals surface area (Å²) in [5, 5.41) is 4.10. The Bertz CT molecular complexity index is 351. The van der Waals surface area contributed by atoms with Gasteiger partial charge >= 0.3 is 0 Å². The van der Waals surface area contributed by atoms with E-state index in [0.29, 0.717) is 11.1 Å². The van der Waals surface area contributed by atoms with Crippen molar-refractivity contribution < 1.29 is 4.74 Å². The lowest BCUT2D eigenvalue weighted by atomic mass is 9.95. The smallest absolute Gasteiger partial charge is 0.137 e. The predicted molar refractivity (Wildman–Crippen MR) is 58.1 cm³/mol. The van der Waals surface area contributed by atoms with Crippen molar-refractivity contribution in [1.82, 2.24) is 5.32 Å². The highest BCUT2D eigenvalue weighted by Gasteiger charge is 2.17. The van der Waals surface area contributed by atoms with Crippen LogP contribution in [0.3, 0.4) is 0 Å². The van der Waals surface area contributed by atoms with E-state index in [1.165, 1.54) is 11.1 Å². The summed E-state index contributed by atoms with van der Waals surface area (Å²) in [7, 11) is 1.65. The third-order valence-electron chi connectivity index (χ3n) is 2.73. The monoisotopic (exact) mass is 211 g/mol. The second-order valence-corrected chi connectivity index (χ2v) is 4.02.